The molecule has 3 rings (SSSR count). The van der Waals surface area contributed by atoms with Gasteiger partial charge in [0.1, 0.15) is 5.75 Å². The van der Waals surface area contributed by atoms with Crippen molar-refractivity contribution in [1.82, 2.24) is 4.57 Å². The summed E-state index contributed by atoms with van der Waals surface area (Å²) in [4.78, 5) is 12.6. The van der Waals surface area contributed by atoms with E-state index in [1.54, 1.807) is 25.3 Å². The summed E-state index contributed by atoms with van der Waals surface area (Å²) < 4.78 is 7.24. The SMILES string of the molecule is COc1ccc(Cl)cc1NCC(=O)c1cn(C)c2ccccc12. The van der Waals surface area contributed by atoms with Crippen molar-refractivity contribution in [1.29, 1.82) is 0 Å². The smallest absolute Gasteiger partial charge is 0.184 e. The zero-order valence-electron chi connectivity index (χ0n) is 13.0. The van der Waals surface area contributed by atoms with Crippen LogP contribution < -0.4 is 10.1 Å². The number of para-hydroxylation sites is 1. The molecule has 1 N–H and O–H groups in total. The monoisotopic (exact) mass is 328 g/mol. The van der Waals surface area contributed by atoms with Gasteiger partial charge >= 0.3 is 0 Å². The van der Waals surface area contributed by atoms with Crippen molar-refractivity contribution in [3.8, 4) is 5.75 Å². The predicted octanol–water partition coefficient (Wildman–Crippen LogP) is 4.14. The van der Waals surface area contributed by atoms with Crippen LogP contribution in [0.4, 0.5) is 5.69 Å². The van der Waals surface area contributed by atoms with Gasteiger partial charge in [-0.3, -0.25) is 4.79 Å². The van der Waals surface area contributed by atoms with Crippen molar-refractivity contribution >= 4 is 34.0 Å². The van der Waals surface area contributed by atoms with Crippen LogP contribution in [-0.4, -0.2) is 24.0 Å². The number of aryl methyl sites for hydroxylation is 1. The number of rotatable bonds is 5. The lowest BCUT2D eigenvalue weighted by Gasteiger charge is -2.10. The number of halogens is 1. The lowest BCUT2D eigenvalue weighted by molar-refractivity contribution is 0.101. The van der Waals surface area contributed by atoms with Gasteiger partial charge in [0, 0.05) is 34.7 Å². The Balaban J connectivity index is 1.83. The zero-order valence-corrected chi connectivity index (χ0v) is 13.7. The highest BCUT2D eigenvalue weighted by molar-refractivity contribution is 6.31. The van der Waals surface area contributed by atoms with Gasteiger partial charge in [-0.15, -0.1) is 0 Å². The molecule has 0 amide bonds. The average Bonchev–Trinajstić information content (AvgIpc) is 2.90. The summed E-state index contributed by atoms with van der Waals surface area (Å²) in [7, 11) is 3.52. The van der Waals surface area contributed by atoms with Gasteiger partial charge in [-0.25, -0.2) is 0 Å². The maximum Gasteiger partial charge on any atom is 0.184 e. The highest BCUT2D eigenvalue weighted by Gasteiger charge is 2.14. The molecule has 0 saturated heterocycles. The molecule has 0 spiro atoms. The molecule has 0 radical (unpaired) electrons. The third-order valence-corrected chi connectivity index (χ3v) is 4.03. The van der Waals surface area contributed by atoms with Crippen molar-refractivity contribution in [2.45, 2.75) is 0 Å². The van der Waals surface area contributed by atoms with E-state index in [1.807, 2.05) is 42.1 Å². The number of nitrogens with zero attached hydrogens (tertiary/aromatic N) is 1. The Morgan fingerprint density at radius 2 is 2.04 bits per heavy atom. The van der Waals surface area contributed by atoms with E-state index < -0.39 is 0 Å². The number of carbonyl (C=O) groups excluding carboxylic acids is 1. The third kappa shape index (κ3) is 3.03. The van der Waals surface area contributed by atoms with Gasteiger partial charge in [0.25, 0.3) is 0 Å². The number of nitrogens with one attached hydrogen (secondary N) is 1. The van der Waals surface area contributed by atoms with Crippen LogP contribution in [0.3, 0.4) is 0 Å². The van der Waals surface area contributed by atoms with Gasteiger partial charge in [0.2, 0.25) is 0 Å². The summed E-state index contributed by atoms with van der Waals surface area (Å²) in [6.45, 7) is 0.171. The largest absolute Gasteiger partial charge is 0.495 e. The average molecular weight is 329 g/mol. The van der Waals surface area contributed by atoms with Crippen LogP contribution in [0.1, 0.15) is 10.4 Å². The third-order valence-electron chi connectivity index (χ3n) is 3.80. The standard InChI is InChI=1S/C18H17ClN2O2/c1-21-11-14(13-5-3-4-6-16(13)21)17(22)10-20-15-9-12(19)7-8-18(15)23-2/h3-9,11,20H,10H2,1-2H3. The van der Waals surface area contributed by atoms with Gasteiger partial charge < -0.3 is 14.6 Å². The Morgan fingerprint density at radius 1 is 1.26 bits per heavy atom. The number of aromatic nitrogens is 1. The van der Waals surface area contributed by atoms with Gasteiger partial charge in [0.05, 0.1) is 19.3 Å². The summed E-state index contributed by atoms with van der Waals surface area (Å²) in [5.74, 6) is 0.670. The second-order valence-electron chi connectivity index (χ2n) is 5.29. The number of methoxy groups -OCH3 is 1. The number of anilines is 1. The molecule has 1 aromatic heterocycles. The summed E-state index contributed by atoms with van der Waals surface area (Å²) in [6, 6.07) is 13.1. The predicted molar refractivity (Wildman–Crippen MR) is 93.7 cm³/mol. The zero-order chi connectivity index (χ0) is 16.4. The highest BCUT2D eigenvalue weighted by Crippen LogP contribution is 2.28. The Morgan fingerprint density at radius 3 is 2.83 bits per heavy atom. The number of Topliss-reactive ketones (excluding diaryl/α,β-unsaturated/α-hetero) is 1. The molecule has 1 heterocycles. The van der Waals surface area contributed by atoms with Crippen molar-refractivity contribution in [2.75, 3.05) is 19.0 Å². The number of hydrogen-bond acceptors (Lipinski definition) is 3. The minimum atomic E-state index is 0.0174. The van der Waals surface area contributed by atoms with E-state index in [4.69, 9.17) is 16.3 Å². The van der Waals surface area contributed by atoms with E-state index in [9.17, 15) is 4.79 Å². The molecule has 0 aliphatic rings. The first kappa shape index (κ1) is 15.4. The van der Waals surface area contributed by atoms with Crippen molar-refractivity contribution in [3.05, 3.63) is 59.2 Å². The van der Waals surface area contributed by atoms with Crippen LogP contribution in [0.2, 0.25) is 5.02 Å². The van der Waals surface area contributed by atoms with E-state index in [-0.39, 0.29) is 12.3 Å². The number of ketones is 1. The van der Waals surface area contributed by atoms with Gasteiger partial charge in [-0.1, -0.05) is 29.8 Å². The van der Waals surface area contributed by atoms with Crippen LogP contribution in [-0.2, 0) is 7.05 Å². The maximum absolute atomic E-state index is 12.6. The minimum Gasteiger partial charge on any atom is -0.495 e. The first-order chi connectivity index (χ1) is 11.1. The minimum absolute atomic E-state index is 0.0174. The lowest BCUT2D eigenvalue weighted by atomic mass is 10.1. The molecular weight excluding hydrogens is 312 g/mol. The molecule has 0 bridgehead atoms. The van der Waals surface area contributed by atoms with Gasteiger partial charge in [0.15, 0.2) is 5.78 Å². The van der Waals surface area contributed by atoms with Crippen molar-refractivity contribution in [2.24, 2.45) is 7.05 Å². The van der Waals surface area contributed by atoms with Crippen molar-refractivity contribution < 1.29 is 9.53 Å². The second-order valence-corrected chi connectivity index (χ2v) is 5.73. The van der Waals surface area contributed by atoms with Crippen LogP contribution in [0.25, 0.3) is 10.9 Å². The van der Waals surface area contributed by atoms with Crippen LogP contribution in [0.15, 0.2) is 48.7 Å². The molecule has 2 aromatic carbocycles. The molecular formula is C18H17ClN2O2. The molecule has 0 atom stereocenters. The first-order valence-corrected chi connectivity index (χ1v) is 7.62. The van der Waals surface area contributed by atoms with Crippen LogP contribution >= 0.6 is 11.6 Å². The van der Waals surface area contributed by atoms with E-state index in [2.05, 4.69) is 5.32 Å². The molecule has 0 saturated carbocycles. The van der Waals surface area contributed by atoms with E-state index >= 15 is 0 Å². The summed E-state index contributed by atoms with van der Waals surface area (Å²) in [5.41, 5.74) is 2.45. The maximum atomic E-state index is 12.6. The first-order valence-electron chi connectivity index (χ1n) is 7.25. The van der Waals surface area contributed by atoms with E-state index in [0.717, 1.165) is 10.9 Å². The summed E-state index contributed by atoms with van der Waals surface area (Å²) >= 11 is 6.00. The number of ether oxygens (including phenoxy) is 1. The molecule has 23 heavy (non-hydrogen) atoms. The fraction of sp³-hybridized carbons (Fsp3) is 0.167. The number of benzene rings is 2. The molecule has 0 aliphatic carbocycles. The Bertz CT molecular complexity index is 871. The topological polar surface area (TPSA) is 43.3 Å². The quantitative estimate of drug-likeness (QED) is 0.716. The molecule has 4 nitrogen and oxygen atoms in total. The van der Waals surface area contributed by atoms with Crippen molar-refractivity contribution in [3.63, 3.8) is 0 Å². The van der Waals surface area contributed by atoms with Crippen LogP contribution in [0.5, 0.6) is 5.75 Å². The molecule has 0 aliphatic heterocycles. The van der Waals surface area contributed by atoms with E-state index in [1.165, 1.54) is 0 Å². The van der Waals surface area contributed by atoms with Gasteiger partial charge in [-0.05, 0) is 24.3 Å². The van der Waals surface area contributed by atoms with Gasteiger partial charge in [-0.2, -0.15) is 0 Å². The fourth-order valence-electron chi connectivity index (χ4n) is 2.65. The Hall–Kier alpha value is -2.46. The summed E-state index contributed by atoms with van der Waals surface area (Å²) in [6.07, 6.45) is 1.86. The molecule has 3 aromatic rings. The summed E-state index contributed by atoms with van der Waals surface area (Å²) in [5, 5.41) is 4.66. The normalized spacial score (nSPS) is 10.7. The molecule has 0 fully saturated rings. The highest BCUT2D eigenvalue weighted by atomic mass is 35.5. The van der Waals surface area contributed by atoms with Crippen LogP contribution in [0, 0.1) is 0 Å². The fourth-order valence-corrected chi connectivity index (χ4v) is 2.83. The lowest BCUT2D eigenvalue weighted by Crippen LogP contribution is -2.14. The molecule has 118 valence electrons. The Kier molecular flexibility index (Phi) is 4.26. The number of carbonyl (C=O) groups is 1. The molecule has 0 unspecified atom stereocenters. The molecule has 5 heteroatoms. The number of fused-ring (bicyclic) bond motifs is 1. The number of hydrogen-bond donors (Lipinski definition) is 1. The Labute approximate surface area is 139 Å². The van der Waals surface area contributed by atoms with E-state index in [0.29, 0.717) is 22.0 Å². The second kappa shape index (κ2) is 6.34.